The smallest absolute Gasteiger partial charge is 0.332 e. The van der Waals surface area contributed by atoms with E-state index in [1.807, 2.05) is 0 Å². The predicted octanol–water partition coefficient (Wildman–Crippen LogP) is 2.92. The quantitative estimate of drug-likeness (QED) is 0.508. The van der Waals surface area contributed by atoms with Crippen molar-refractivity contribution in [3.8, 4) is 0 Å². The van der Waals surface area contributed by atoms with Crippen LogP contribution in [0.4, 0.5) is 26.2 Å². The lowest BCUT2D eigenvalue weighted by molar-refractivity contribution is -0.385. The maximum Gasteiger partial charge on any atom is 0.332 e. The van der Waals surface area contributed by atoms with Crippen molar-refractivity contribution < 1.29 is 13.7 Å². The van der Waals surface area contributed by atoms with Gasteiger partial charge in [-0.2, -0.15) is 4.98 Å². The van der Waals surface area contributed by atoms with Crippen LogP contribution in [0.2, 0.25) is 0 Å². The normalized spacial score (nSPS) is 19.4. The molecular formula is C18H22F2N6O2. The molecule has 1 fully saturated rings. The summed E-state index contributed by atoms with van der Waals surface area (Å²) in [7, 11) is 0. The van der Waals surface area contributed by atoms with Gasteiger partial charge in [0.2, 0.25) is 11.8 Å². The monoisotopic (exact) mass is 392 g/mol. The van der Waals surface area contributed by atoms with Gasteiger partial charge in [-0.1, -0.05) is 12.1 Å². The standard InChI is InChI=1S/C18H22F2N6O2/c19-13-3-1-2-11(15(13)20)9-23-18-24-14(16(26(27)28)17(22)25-18)8-10-4-6-12(21)7-5-10/h1-3,10,12H,4-9,21H2,(H3,22,23,24,25)/t10-,12-. The average molecular weight is 392 g/mol. The number of halogens is 2. The SMILES string of the molecule is Nc1nc(NCc2cccc(F)c2F)nc(C[C@H]2CC[C@H](N)CC2)c1[N+](=O)[O-]. The molecule has 1 aromatic heterocycles. The van der Waals surface area contributed by atoms with Crippen molar-refractivity contribution in [2.24, 2.45) is 11.7 Å². The number of nitrogen functional groups attached to an aromatic ring is 1. The average Bonchev–Trinajstić information content (AvgIpc) is 2.64. The lowest BCUT2D eigenvalue weighted by Gasteiger charge is -2.25. The number of rotatable bonds is 6. The molecule has 3 rings (SSSR count). The van der Waals surface area contributed by atoms with Gasteiger partial charge in [-0.25, -0.2) is 13.8 Å². The molecule has 0 aliphatic heterocycles. The molecule has 0 spiro atoms. The minimum Gasteiger partial charge on any atom is -0.378 e. The van der Waals surface area contributed by atoms with E-state index in [-0.39, 0.29) is 47.2 Å². The van der Waals surface area contributed by atoms with Gasteiger partial charge in [0.15, 0.2) is 11.6 Å². The van der Waals surface area contributed by atoms with Gasteiger partial charge in [0.25, 0.3) is 0 Å². The number of nitrogens with two attached hydrogens (primary N) is 2. The van der Waals surface area contributed by atoms with E-state index >= 15 is 0 Å². The van der Waals surface area contributed by atoms with E-state index in [0.717, 1.165) is 31.7 Å². The molecule has 0 bridgehead atoms. The predicted molar refractivity (Wildman–Crippen MR) is 100 cm³/mol. The molecule has 10 heteroatoms. The fourth-order valence-corrected chi connectivity index (χ4v) is 3.47. The zero-order valence-corrected chi connectivity index (χ0v) is 15.2. The molecule has 1 aliphatic carbocycles. The Labute approximate surface area is 160 Å². The molecule has 0 saturated heterocycles. The third-order valence-electron chi connectivity index (χ3n) is 5.01. The second kappa shape index (κ2) is 8.42. The van der Waals surface area contributed by atoms with Crippen molar-refractivity contribution in [2.45, 2.75) is 44.7 Å². The second-order valence-corrected chi connectivity index (χ2v) is 7.04. The number of benzene rings is 1. The largest absolute Gasteiger partial charge is 0.378 e. The van der Waals surface area contributed by atoms with Crippen molar-refractivity contribution in [3.63, 3.8) is 0 Å². The first-order chi connectivity index (χ1) is 13.3. The lowest BCUT2D eigenvalue weighted by Crippen LogP contribution is -2.27. The summed E-state index contributed by atoms with van der Waals surface area (Å²) >= 11 is 0. The van der Waals surface area contributed by atoms with Gasteiger partial charge in [0.05, 0.1) is 4.92 Å². The van der Waals surface area contributed by atoms with Gasteiger partial charge >= 0.3 is 5.69 Å². The van der Waals surface area contributed by atoms with Gasteiger partial charge in [-0.05, 0) is 44.1 Å². The van der Waals surface area contributed by atoms with Crippen LogP contribution in [0.25, 0.3) is 0 Å². The van der Waals surface area contributed by atoms with Crippen LogP contribution < -0.4 is 16.8 Å². The van der Waals surface area contributed by atoms with Gasteiger partial charge in [-0.3, -0.25) is 10.1 Å². The van der Waals surface area contributed by atoms with Crippen molar-refractivity contribution in [1.29, 1.82) is 0 Å². The van der Waals surface area contributed by atoms with Crippen molar-refractivity contribution in [2.75, 3.05) is 11.1 Å². The molecule has 1 saturated carbocycles. The summed E-state index contributed by atoms with van der Waals surface area (Å²) in [4.78, 5) is 19.0. The summed E-state index contributed by atoms with van der Waals surface area (Å²) in [5.41, 5.74) is 11.7. The molecule has 1 heterocycles. The minimum atomic E-state index is -0.969. The molecule has 0 amide bonds. The van der Waals surface area contributed by atoms with E-state index in [1.165, 1.54) is 12.1 Å². The number of nitrogens with one attached hydrogen (secondary N) is 1. The van der Waals surface area contributed by atoms with Crippen LogP contribution in [0, 0.1) is 27.7 Å². The molecule has 0 radical (unpaired) electrons. The Bertz CT molecular complexity index is 871. The molecule has 28 heavy (non-hydrogen) atoms. The number of nitro groups is 1. The Morgan fingerprint density at radius 2 is 1.93 bits per heavy atom. The molecule has 1 aliphatic rings. The highest BCUT2D eigenvalue weighted by Gasteiger charge is 2.27. The fraction of sp³-hybridized carbons (Fsp3) is 0.444. The maximum atomic E-state index is 13.8. The summed E-state index contributed by atoms with van der Waals surface area (Å²) in [6.07, 6.45) is 3.84. The third kappa shape index (κ3) is 4.50. The van der Waals surface area contributed by atoms with Crippen LogP contribution in [0.3, 0.4) is 0 Å². The minimum absolute atomic E-state index is 0.0364. The lowest BCUT2D eigenvalue weighted by atomic mass is 9.83. The first kappa shape index (κ1) is 19.9. The van der Waals surface area contributed by atoms with E-state index in [9.17, 15) is 18.9 Å². The molecular weight excluding hydrogens is 370 g/mol. The molecule has 8 nitrogen and oxygen atoms in total. The Hall–Kier alpha value is -2.88. The number of anilines is 2. The summed E-state index contributed by atoms with van der Waals surface area (Å²) in [6, 6.07) is 4.00. The number of hydrogen-bond donors (Lipinski definition) is 3. The molecule has 5 N–H and O–H groups in total. The van der Waals surface area contributed by atoms with Crippen LogP contribution in [-0.4, -0.2) is 20.9 Å². The molecule has 1 aromatic carbocycles. The molecule has 2 aromatic rings. The highest BCUT2D eigenvalue weighted by Crippen LogP contribution is 2.32. The van der Waals surface area contributed by atoms with Crippen molar-refractivity contribution >= 4 is 17.5 Å². The Balaban J connectivity index is 1.81. The van der Waals surface area contributed by atoms with E-state index in [0.29, 0.717) is 6.42 Å². The summed E-state index contributed by atoms with van der Waals surface area (Å²) in [5.74, 6) is -1.93. The van der Waals surface area contributed by atoms with Gasteiger partial charge in [-0.15, -0.1) is 0 Å². The third-order valence-corrected chi connectivity index (χ3v) is 5.01. The second-order valence-electron chi connectivity index (χ2n) is 7.04. The van der Waals surface area contributed by atoms with Crippen LogP contribution in [0.1, 0.15) is 36.9 Å². The van der Waals surface area contributed by atoms with Crippen LogP contribution in [0.15, 0.2) is 18.2 Å². The van der Waals surface area contributed by atoms with Gasteiger partial charge in [0, 0.05) is 18.2 Å². The fourth-order valence-electron chi connectivity index (χ4n) is 3.47. The Morgan fingerprint density at radius 1 is 1.21 bits per heavy atom. The number of aromatic nitrogens is 2. The topological polar surface area (TPSA) is 133 Å². The Kier molecular flexibility index (Phi) is 5.98. The highest BCUT2D eigenvalue weighted by molar-refractivity contribution is 5.58. The number of nitrogens with zero attached hydrogens (tertiary/aromatic N) is 3. The van der Waals surface area contributed by atoms with E-state index in [4.69, 9.17) is 11.5 Å². The van der Waals surface area contributed by atoms with E-state index < -0.39 is 16.6 Å². The van der Waals surface area contributed by atoms with Crippen molar-refractivity contribution in [1.82, 2.24) is 9.97 Å². The van der Waals surface area contributed by atoms with Gasteiger partial charge in [0.1, 0.15) is 5.69 Å². The van der Waals surface area contributed by atoms with E-state index in [1.54, 1.807) is 0 Å². The molecule has 150 valence electrons. The summed E-state index contributed by atoms with van der Waals surface area (Å²) in [6.45, 7) is -0.0848. The Morgan fingerprint density at radius 3 is 2.61 bits per heavy atom. The van der Waals surface area contributed by atoms with Crippen molar-refractivity contribution in [3.05, 3.63) is 51.2 Å². The first-order valence-electron chi connectivity index (χ1n) is 9.08. The summed E-state index contributed by atoms with van der Waals surface area (Å²) < 4.78 is 27.1. The van der Waals surface area contributed by atoms with E-state index in [2.05, 4.69) is 15.3 Å². The van der Waals surface area contributed by atoms with Crippen LogP contribution in [0.5, 0.6) is 0 Å². The van der Waals surface area contributed by atoms with Gasteiger partial charge < -0.3 is 16.8 Å². The summed E-state index contributed by atoms with van der Waals surface area (Å²) in [5, 5.41) is 14.2. The van der Waals surface area contributed by atoms with Crippen LogP contribution in [-0.2, 0) is 13.0 Å². The highest BCUT2D eigenvalue weighted by atomic mass is 19.2. The first-order valence-corrected chi connectivity index (χ1v) is 9.08. The zero-order chi connectivity index (χ0) is 20.3. The number of hydrogen-bond acceptors (Lipinski definition) is 7. The van der Waals surface area contributed by atoms with Crippen LogP contribution >= 0.6 is 0 Å². The maximum absolute atomic E-state index is 13.8. The zero-order valence-electron chi connectivity index (χ0n) is 15.2. The molecule has 0 unspecified atom stereocenters. The molecule has 0 atom stereocenters.